The van der Waals surface area contributed by atoms with E-state index in [0.29, 0.717) is 40.9 Å². The Bertz CT molecular complexity index is 891. The van der Waals surface area contributed by atoms with Crippen molar-refractivity contribution in [3.05, 3.63) is 71.3 Å². The molecule has 0 atom stereocenters. The second-order valence-corrected chi connectivity index (χ2v) is 5.94. The zero-order chi connectivity index (χ0) is 18.4. The van der Waals surface area contributed by atoms with Gasteiger partial charge in [-0.15, -0.1) is 0 Å². The van der Waals surface area contributed by atoms with Crippen molar-refractivity contribution in [2.24, 2.45) is 0 Å². The molecule has 5 nitrogen and oxygen atoms in total. The monoisotopic (exact) mass is 372 g/mol. The van der Waals surface area contributed by atoms with E-state index in [0.717, 1.165) is 5.69 Å². The van der Waals surface area contributed by atoms with Crippen molar-refractivity contribution in [1.82, 2.24) is 9.97 Å². The summed E-state index contributed by atoms with van der Waals surface area (Å²) in [5, 5.41) is 6.84. The number of methoxy groups -OCH3 is 1. The number of hydrogen-bond acceptors (Lipinski definition) is 5. The van der Waals surface area contributed by atoms with Crippen LogP contribution in [0, 0.1) is 5.82 Å². The number of benzene rings is 2. The van der Waals surface area contributed by atoms with Crippen molar-refractivity contribution in [2.75, 3.05) is 24.3 Å². The molecule has 0 saturated carbocycles. The van der Waals surface area contributed by atoms with Crippen LogP contribution in [0.2, 0.25) is 5.02 Å². The fraction of sp³-hybridized carbons (Fsp3) is 0.158. The maximum atomic E-state index is 13.6. The molecule has 1 aromatic heterocycles. The minimum absolute atomic E-state index is 0.198. The van der Waals surface area contributed by atoms with Gasteiger partial charge in [0.05, 0.1) is 12.1 Å². The number of nitrogens with zero attached hydrogens (tertiary/aromatic N) is 2. The van der Waals surface area contributed by atoms with Crippen LogP contribution in [0.25, 0.3) is 0 Å². The van der Waals surface area contributed by atoms with Crippen LogP contribution in [0.1, 0.15) is 5.56 Å². The van der Waals surface area contributed by atoms with Gasteiger partial charge in [0.25, 0.3) is 0 Å². The Balaban J connectivity index is 1.61. The lowest BCUT2D eigenvalue weighted by molar-refractivity contribution is 0.415. The summed E-state index contributed by atoms with van der Waals surface area (Å²) in [4.78, 5) is 8.37. The summed E-state index contributed by atoms with van der Waals surface area (Å²) in [6, 6.07) is 13.9. The Hall–Kier alpha value is -2.86. The number of anilines is 3. The van der Waals surface area contributed by atoms with E-state index in [4.69, 9.17) is 16.3 Å². The molecule has 0 spiro atoms. The van der Waals surface area contributed by atoms with Crippen LogP contribution < -0.4 is 15.4 Å². The first-order valence-electron chi connectivity index (χ1n) is 8.05. The minimum Gasteiger partial charge on any atom is -0.495 e. The van der Waals surface area contributed by atoms with E-state index in [9.17, 15) is 4.39 Å². The third kappa shape index (κ3) is 4.61. The van der Waals surface area contributed by atoms with Gasteiger partial charge in [0.15, 0.2) is 0 Å². The molecular formula is C19H18ClFN4O. The van der Waals surface area contributed by atoms with Crippen molar-refractivity contribution >= 4 is 28.9 Å². The molecule has 0 saturated heterocycles. The molecule has 0 bridgehead atoms. The molecule has 1 heterocycles. The van der Waals surface area contributed by atoms with Gasteiger partial charge in [-0.25, -0.2) is 14.4 Å². The van der Waals surface area contributed by atoms with Crippen molar-refractivity contribution in [1.29, 1.82) is 0 Å². The topological polar surface area (TPSA) is 59.1 Å². The van der Waals surface area contributed by atoms with Crippen molar-refractivity contribution < 1.29 is 9.13 Å². The predicted molar refractivity (Wildman–Crippen MR) is 102 cm³/mol. The lowest BCUT2D eigenvalue weighted by atomic mass is 10.1. The summed E-state index contributed by atoms with van der Waals surface area (Å²) in [5.74, 6) is 1.68. The molecule has 2 aromatic carbocycles. The Morgan fingerprint density at radius 3 is 2.65 bits per heavy atom. The summed E-state index contributed by atoms with van der Waals surface area (Å²) < 4.78 is 18.8. The van der Waals surface area contributed by atoms with E-state index in [1.54, 1.807) is 37.4 Å². The highest BCUT2D eigenvalue weighted by Crippen LogP contribution is 2.28. The van der Waals surface area contributed by atoms with E-state index in [2.05, 4.69) is 20.6 Å². The highest BCUT2D eigenvalue weighted by molar-refractivity contribution is 6.32. The predicted octanol–water partition coefficient (Wildman–Crippen LogP) is 4.68. The van der Waals surface area contributed by atoms with Crippen LogP contribution in [-0.4, -0.2) is 23.6 Å². The first-order chi connectivity index (χ1) is 12.7. The number of hydrogen-bond donors (Lipinski definition) is 2. The lowest BCUT2D eigenvalue weighted by Gasteiger charge is -2.10. The fourth-order valence-corrected chi connectivity index (χ4v) is 2.70. The van der Waals surface area contributed by atoms with Crippen LogP contribution in [0.15, 0.2) is 54.9 Å². The molecule has 26 heavy (non-hydrogen) atoms. The largest absolute Gasteiger partial charge is 0.495 e. The van der Waals surface area contributed by atoms with Crippen LogP contribution >= 0.6 is 11.6 Å². The van der Waals surface area contributed by atoms with Crippen LogP contribution in [0.5, 0.6) is 5.75 Å². The number of halogens is 2. The van der Waals surface area contributed by atoms with Gasteiger partial charge in [-0.1, -0.05) is 29.8 Å². The van der Waals surface area contributed by atoms with Gasteiger partial charge in [0.2, 0.25) is 0 Å². The summed E-state index contributed by atoms with van der Waals surface area (Å²) in [6.07, 6.45) is 2.02. The van der Waals surface area contributed by atoms with Gasteiger partial charge in [-0.3, -0.25) is 0 Å². The Labute approximate surface area is 156 Å². The van der Waals surface area contributed by atoms with Crippen LogP contribution in [0.3, 0.4) is 0 Å². The SMILES string of the molecule is COc1ccc(Nc2cc(NCCc3ccccc3F)ncn2)cc1Cl. The Morgan fingerprint density at radius 2 is 1.88 bits per heavy atom. The smallest absolute Gasteiger partial charge is 0.137 e. The third-order valence-corrected chi connectivity index (χ3v) is 4.04. The number of nitrogens with one attached hydrogen (secondary N) is 2. The standard InChI is InChI=1S/C19H18ClFN4O/c1-26-17-7-6-14(10-15(17)20)25-19-11-18(23-12-24-19)22-9-8-13-4-2-3-5-16(13)21/h2-7,10-12H,8-9H2,1H3,(H2,22,23,24,25). The second kappa shape index (κ2) is 8.49. The zero-order valence-electron chi connectivity index (χ0n) is 14.2. The van der Waals surface area contributed by atoms with E-state index < -0.39 is 0 Å². The van der Waals surface area contributed by atoms with Gasteiger partial charge in [-0.05, 0) is 36.2 Å². The molecule has 0 unspecified atom stereocenters. The molecular weight excluding hydrogens is 355 g/mol. The van der Waals surface area contributed by atoms with Gasteiger partial charge in [-0.2, -0.15) is 0 Å². The highest BCUT2D eigenvalue weighted by Gasteiger charge is 2.05. The lowest BCUT2D eigenvalue weighted by Crippen LogP contribution is -2.08. The zero-order valence-corrected chi connectivity index (χ0v) is 14.9. The van der Waals surface area contributed by atoms with Crippen molar-refractivity contribution in [3.63, 3.8) is 0 Å². The van der Waals surface area contributed by atoms with Crippen LogP contribution in [0.4, 0.5) is 21.7 Å². The number of aromatic nitrogens is 2. The quantitative estimate of drug-likeness (QED) is 0.630. The van der Waals surface area contributed by atoms with E-state index in [1.165, 1.54) is 12.4 Å². The third-order valence-electron chi connectivity index (χ3n) is 3.75. The molecule has 134 valence electrons. The van der Waals surface area contributed by atoms with Gasteiger partial charge < -0.3 is 15.4 Å². The second-order valence-electron chi connectivity index (χ2n) is 5.53. The highest BCUT2D eigenvalue weighted by atomic mass is 35.5. The summed E-state index contributed by atoms with van der Waals surface area (Å²) in [5.41, 5.74) is 1.45. The summed E-state index contributed by atoms with van der Waals surface area (Å²) >= 11 is 6.13. The molecule has 7 heteroatoms. The molecule has 2 N–H and O–H groups in total. The number of ether oxygens (including phenoxy) is 1. The molecule has 3 aromatic rings. The molecule has 0 amide bonds. The first-order valence-corrected chi connectivity index (χ1v) is 8.43. The molecule has 0 aliphatic rings. The number of rotatable bonds is 7. The molecule has 0 fully saturated rings. The van der Waals surface area contributed by atoms with Crippen LogP contribution in [-0.2, 0) is 6.42 Å². The summed E-state index contributed by atoms with van der Waals surface area (Å²) in [7, 11) is 1.57. The summed E-state index contributed by atoms with van der Waals surface area (Å²) in [6.45, 7) is 0.561. The molecule has 0 aliphatic heterocycles. The van der Waals surface area contributed by atoms with Crippen molar-refractivity contribution in [2.45, 2.75) is 6.42 Å². The van der Waals surface area contributed by atoms with E-state index in [-0.39, 0.29) is 5.82 Å². The first kappa shape index (κ1) is 17.9. The van der Waals surface area contributed by atoms with E-state index in [1.807, 2.05) is 12.1 Å². The van der Waals surface area contributed by atoms with Gasteiger partial charge >= 0.3 is 0 Å². The maximum Gasteiger partial charge on any atom is 0.137 e. The molecule has 0 aliphatic carbocycles. The van der Waals surface area contributed by atoms with E-state index >= 15 is 0 Å². The van der Waals surface area contributed by atoms with Crippen molar-refractivity contribution in [3.8, 4) is 5.75 Å². The Kier molecular flexibility index (Phi) is 5.86. The average Bonchev–Trinajstić information content (AvgIpc) is 2.64. The van der Waals surface area contributed by atoms with Gasteiger partial charge in [0, 0.05) is 18.3 Å². The molecule has 0 radical (unpaired) electrons. The fourth-order valence-electron chi connectivity index (χ4n) is 2.44. The maximum absolute atomic E-state index is 13.6. The Morgan fingerprint density at radius 1 is 1.08 bits per heavy atom. The average molecular weight is 373 g/mol. The minimum atomic E-state index is -0.198. The normalized spacial score (nSPS) is 10.4. The molecule has 3 rings (SSSR count). The van der Waals surface area contributed by atoms with Gasteiger partial charge in [0.1, 0.15) is 29.5 Å².